The van der Waals surface area contributed by atoms with Crippen LogP contribution in [0.1, 0.15) is 23.0 Å². The summed E-state index contributed by atoms with van der Waals surface area (Å²) in [4.78, 5) is 20.7. The monoisotopic (exact) mass is 312 g/mol. The van der Waals surface area contributed by atoms with Crippen LogP contribution >= 0.6 is 0 Å². The molecule has 0 aliphatic heterocycles. The van der Waals surface area contributed by atoms with Crippen LogP contribution in [0.2, 0.25) is 0 Å². The van der Waals surface area contributed by atoms with Crippen molar-refractivity contribution in [3.63, 3.8) is 0 Å². The van der Waals surface area contributed by atoms with Gasteiger partial charge in [0.05, 0.1) is 17.9 Å². The molecule has 1 aromatic carbocycles. The molecule has 1 aromatic heterocycles. The summed E-state index contributed by atoms with van der Waals surface area (Å²) < 4.78 is 5.06. The fourth-order valence-electron chi connectivity index (χ4n) is 1.99. The molecule has 120 valence electrons. The van der Waals surface area contributed by atoms with E-state index in [9.17, 15) is 4.79 Å². The molecule has 0 aliphatic rings. The minimum absolute atomic E-state index is 0.323. The lowest BCUT2D eigenvalue weighted by molar-refractivity contribution is 0.0527. The van der Waals surface area contributed by atoms with E-state index >= 15 is 0 Å². The van der Waals surface area contributed by atoms with Crippen molar-refractivity contribution in [1.29, 1.82) is 0 Å². The molecular formula is C17H20N4O2. The van der Waals surface area contributed by atoms with Crippen LogP contribution in [0.5, 0.6) is 0 Å². The van der Waals surface area contributed by atoms with Gasteiger partial charge in [0.25, 0.3) is 0 Å². The molecule has 6 nitrogen and oxygen atoms in total. The molecule has 0 spiro atoms. The number of aryl methyl sites for hydroxylation is 1. The number of hydrogen-bond donors (Lipinski definition) is 2. The lowest BCUT2D eigenvalue weighted by Crippen LogP contribution is -2.10. The zero-order valence-electron chi connectivity index (χ0n) is 13.3. The van der Waals surface area contributed by atoms with Crippen LogP contribution < -0.4 is 10.6 Å². The summed E-state index contributed by atoms with van der Waals surface area (Å²) >= 11 is 0. The molecule has 0 amide bonds. The topological polar surface area (TPSA) is 76.1 Å². The van der Waals surface area contributed by atoms with E-state index in [0.29, 0.717) is 36.2 Å². The van der Waals surface area contributed by atoms with Crippen molar-refractivity contribution < 1.29 is 9.53 Å². The van der Waals surface area contributed by atoms with Gasteiger partial charge >= 0.3 is 5.97 Å². The number of aromatic nitrogens is 2. The van der Waals surface area contributed by atoms with Gasteiger partial charge in [0, 0.05) is 18.3 Å². The highest BCUT2D eigenvalue weighted by atomic mass is 16.5. The molecule has 1 heterocycles. The minimum atomic E-state index is -0.381. The van der Waals surface area contributed by atoms with Gasteiger partial charge in [0.2, 0.25) is 5.95 Å². The summed E-state index contributed by atoms with van der Waals surface area (Å²) in [5, 5.41) is 6.20. The Morgan fingerprint density at radius 2 is 2.13 bits per heavy atom. The predicted octanol–water partition coefficient (Wildman–Crippen LogP) is 3.30. The smallest absolute Gasteiger partial charge is 0.340 e. The highest BCUT2D eigenvalue weighted by Crippen LogP contribution is 2.21. The summed E-state index contributed by atoms with van der Waals surface area (Å²) in [7, 11) is 0. The molecule has 0 unspecified atom stereocenters. The summed E-state index contributed by atoms with van der Waals surface area (Å²) in [5.74, 6) is 0.718. The third-order valence-electron chi connectivity index (χ3n) is 2.95. The van der Waals surface area contributed by atoms with Crippen LogP contribution in [-0.2, 0) is 4.74 Å². The van der Waals surface area contributed by atoms with Gasteiger partial charge in [0.1, 0.15) is 5.82 Å². The molecule has 2 N–H and O–H groups in total. The SMILES string of the molecule is C=CCNc1cc(C)nc(Nc2ccccc2C(=O)OCC)n1. The highest BCUT2D eigenvalue weighted by molar-refractivity contribution is 5.96. The Bertz CT molecular complexity index is 701. The van der Waals surface area contributed by atoms with Crippen molar-refractivity contribution >= 4 is 23.4 Å². The first-order valence-electron chi connectivity index (χ1n) is 7.37. The largest absolute Gasteiger partial charge is 0.462 e. The molecule has 6 heteroatoms. The molecular weight excluding hydrogens is 292 g/mol. The van der Waals surface area contributed by atoms with E-state index in [1.807, 2.05) is 19.1 Å². The number of rotatable bonds is 7. The zero-order chi connectivity index (χ0) is 16.7. The average molecular weight is 312 g/mol. The van der Waals surface area contributed by atoms with Crippen molar-refractivity contribution in [3.8, 4) is 0 Å². The number of carbonyl (C=O) groups is 1. The van der Waals surface area contributed by atoms with Crippen LogP contribution in [-0.4, -0.2) is 29.1 Å². The third kappa shape index (κ3) is 4.54. The second-order valence-electron chi connectivity index (χ2n) is 4.78. The Balaban J connectivity index is 2.27. The number of nitrogens with one attached hydrogen (secondary N) is 2. The first-order valence-corrected chi connectivity index (χ1v) is 7.37. The Morgan fingerprint density at radius 3 is 2.87 bits per heavy atom. The molecule has 0 radical (unpaired) electrons. The van der Waals surface area contributed by atoms with Crippen LogP contribution in [0.4, 0.5) is 17.5 Å². The maximum absolute atomic E-state index is 12.0. The fraction of sp³-hybridized carbons (Fsp3) is 0.235. The Morgan fingerprint density at radius 1 is 1.35 bits per heavy atom. The number of anilines is 3. The van der Waals surface area contributed by atoms with Crippen molar-refractivity contribution in [2.24, 2.45) is 0 Å². The minimum Gasteiger partial charge on any atom is -0.462 e. The molecule has 0 saturated heterocycles. The number of para-hydroxylation sites is 1. The van der Waals surface area contributed by atoms with E-state index in [4.69, 9.17) is 4.74 Å². The van der Waals surface area contributed by atoms with Gasteiger partial charge in [-0.15, -0.1) is 6.58 Å². The maximum atomic E-state index is 12.0. The Labute approximate surface area is 135 Å². The normalized spacial score (nSPS) is 10.0. The number of benzene rings is 1. The first-order chi connectivity index (χ1) is 11.1. The van der Waals surface area contributed by atoms with Gasteiger partial charge in [-0.2, -0.15) is 4.98 Å². The predicted molar refractivity (Wildman–Crippen MR) is 91.1 cm³/mol. The molecule has 0 atom stereocenters. The number of ether oxygens (including phenoxy) is 1. The van der Waals surface area contributed by atoms with Gasteiger partial charge in [-0.05, 0) is 26.0 Å². The van der Waals surface area contributed by atoms with Gasteiger partial charge in [0.15, 0.2) is 0 Å². The molecule has 2 aromatic rings. The van der Waals surface area contributed by atoms with Crippen molar-refractivity contribution in [3.05, 3.63) is 54.2 Å². The standard InChI is InChI=1S/C17H20N4O2/c1-4-10-18-15-11-12(3)19-17(21-15)20-14-9-7-6-8-13(14)16(22)23-5-2/h4,6-9,11H,1,5,10H2,2-3H3,(H2,18,19,20,21). The van der Waals surface area contributed by atoms with Crippen LogP contribution in [0.25, 0.3) is 0 Å². The van der Waals surface area contributed by atoms with Crippen molar-refractivity contribution in [2.45, 2.75) is 13.8 Å². The van der Waals surface area contributed by atoms with E-state index in [1.54, 1.807) is 31.2 Å². The number of esters is 1. The average Bonchev–Trinajstić information content (AvgIpc) is 2.53. The fourth-order valence-corrected chi connectivity index (χ4v) is 1.99. The van der Waals surface area contributed by atoms with Crippen LogP contribution in [0.3, 0.4) is 0 Å². The first kappa shape index (κ1) is 16.5. The summed E-state index contributed by atoms with van der Waals surface area (Å²) in [6.07, 6.45) is 1.75. The quantitative estimate of drug-likeness (QED) is 0.603. The number of nitrogens with zero attached hydrogens (tertiary/aromatic N) is 2. The van der Waals surface area contributed by atoms with Crippen LogP contribution in [0.15, 0.2) is 43.0 Å². The maximum Gasteiger partial charge on any atom is 0.340 e. The zero-order valence-corrected chi connectivity index (χ0v) is 13.3. The summed E-state index contributed by atoms with van der Waals surface area (Å²) in [6.45, 7) is 8.24. The number of hydrogen-bond acceptors (Lipinski definition) is 6. The third-order valence-corrected chi connectivity index (χ3v) is 2.95. The van der Waals surface area contributed by atoms with E-state index in [1.165, 1.54) is 0 Å². The van der Waals surface area contributed by atoms with Gasteiger partial charge in [-0.25, -0.2) is 9.78 Å². The van der Waals surface area contributed by atoms with Gasteiger partial charge in [-0.3, -0.25) is 0 Å². The molecule has 0 aliphatic carbocycles. The highest BCUT2D eigenvalue weighted by Gasteiger charge is 2.13. The van der Waals surface area contributed by atoms with E-state index in [-0.39, 0.29) is 5.97 Å². The van der Waals surface area contributed by atoms with E-state index < -0.39 is 0 Å². The van der Waals surface area contributed by atoms with E-state index in [2.05, 4.69) is 27.2 Å². The lowest BCUT2D eigenvalue weighted by Gasteiger charge is -2.12. The van der Waals surface area contributed by atoms with Crippen LogP contribution in [0, 0.1) is 6.92 Å². The summed E-state index contributed by atoms with van der Waals surface area (Å²) in [6, 6.07) is 8.94. The molecule has 2 rings (SSSR count). The summed E-state index contributed by atoms with van der Waals surface area (Å²) in [5.41, 5.74) is 1.86. The molecule has 0 saturated carbocycles. The van der Waals surface area contributed by atoms with Crippen molar-refractivity contribution in [1.82, 2.24) is 9.97 Å². The molecule has 0 bridgehead atoms. The molecule has 0 fully saturated rings. The Hall–Kier alpha value is -2.89. The van der Waals surface area contributed by atoms with Gasteiger partial charge < -0.3 is 15.4 Å². The second kappa shape index (κ2) is 7.93. The number of carbonyl (C=O) groups excluding carboxylic acids is 1. The van der Waals surface area contributed by atoms with E-state index in [0.717, 1.165) is 5.69 Å². The molecule has 23 heavy (non-hydrogen) atoms. The lowest BCUT2D eigenvalue weighted by atomic mass is 10.2. The Kier molecular flexibility index (Phi) is 5.68. The van der Waals surface area contributed by atoms with Crippen molar-refractivity contribution in [2.75, 3.05) is 23.8 Å². The second-order valence-corrected chi connectivity index (χ2v) is 4.78. The van der Waals surface area contributed by atoms with Gasteiger partial charge in [-0.1, -0.05) is 18.2 Å².